The van der Waals surface area contributed by atoms with Crippen LogP contribution in [0.2, 0.25) is 10.0 Å². The number of hydrogen-bond acceptors (Lipinski definition) is 4. The number of benzene rings is 2. The molecule has 0 fully saturated rings. The summed E-state index contributed by atoms with van der Waals surface area (Å²) in [6, 6.07) is 11.5. The van der Waals surface area contributed by atoms with Crippen molar-refractivity contribution < 1.29 is 18.0 Å². The van der Waals surface area contributed by atoms with E-state index in [1.54, 1.807) is 37.3 Å². The highest BCUT2D eigenvalue weighted by atomic mass is 35.5. The number of sulfonamides is 1. The number of rotatable bonds is 10. The van der Waals surface area contributed by atoms with Crippen molar-refractivity contribution in [2.45, 2.75) is 39.3 Å². The molecule has 0 aliphatic rings. The predicted molar refractivity (Wildman–Crippen MR) is 133 cm³/mol. The molecule has 1 N–H and O–H groups in total. The lowest BCUT2D eigenvalue weighted by Gasteiger charge is -2.29. The van der Waals surface area contributed by atoms with E-state index in [0.717, 1.165) is 17.4 Å². The molecule has 0 unspecified atom stereocenters. The van der Waals surface area contributed by atoms with Gasteiger partial charge in [-0.3, -0.25) is 13.9 Å². The fourth-order valence-electron chi connectivity index (χ4n) is 3.45. The third-order valence-electron chi connectivity index (χ3n) is 5.29. The molecule has 0 radical (unpaired) electrons. The van der Waals surface area contributed by atoms with Gasteiger partial charge in [0, 0.05) is 26.6 Å². The lowest BCUT2D eigenvalue weighted by atomic mass is 10.1. The molecule has 2 rings (SSSR count). The molecule has 2 amide bonds. The minimum Gasteiger partial charge on any atom is -0.357 e. The summed E-state index contributed by atoms with van der Waals surface area (Å²) in [4.78, 5) is 26.8. The number of para-hydroxylation sites is 1. The van der Waals surface area contributed by atoms with Gasteiger partial charge in [0.05, 0.1) is 22.0 Å². The van der Waals surface area contributed by atoms with Gasteiger partial charge in [-0.25, -0.2) is 8.42 Å². The van der Waals surface area contributed by atoms with Gasteiger partial charge in [-0.1, -0.05) is 47.5 Å². The summed E-state index contributed by atoms with van der Waals surface area (Å²) in [7, 11) is -2.03. The third kappa shape index (κ3) is 7.35. The monoisotopic (exact) mass is 513 g/mol. The Morgan fingerprint density at radius 1 is 1.09 bits per heavy atom. The Morgan fingerprint density at radius 3 is 2.33 bits per heavy atom. The van der Waals surface area contributed by atoms with Crippen LogP contribution in [0.25, 0.3) is 0 Å². The maximum Gasteiger partial charge on any atom is 0.242 e. The van der Waals surface area contributed by atoms with Crippen molar-refractivity contribution in [2.75, 3.05) is 24.2 Å². The summed E-state index contributed by atoms with van der Waals surface area (Å²) >= 11 is 12.1. The SMILES string of the molecule is CNC(=O)[C@H](C)N(Cc1ccc(Cl)c(Cl)c1)C(=O)CCCN(c1ccccc1C)S(C)(=O)=O. The largest absolute Gasteiger partial charge is 0.357 e. The lowest BCUT2D eigenvalue weighted by molar-refractivity contribution is -0.140. The van der Waals surface area contributed by atoms with E-state index in [0.29, 0.717) is 22.2 Å². The maximum atomic E-state index is 13.1. The smallest absolute Gasteiger partial charge is 0.242 e. The van der Waals surface area contributed by atoms with Crippen molar-refractivity contribution in [1.82, 2.24) is 10.2 Å². The molecule has 10 heteroatoms. The second-order valence-corrected chi connectivity index (χ2v) is 10.5. The zero-order valence-corrected chi connectivity index (χ0v) is 21.5. The second kappa shape index (κ2) is 11.7. The number of aryl methyl sites for hydroxylation is 1. The first kappa shape index (κ1) is 27.0. The average Bonchev–Trinajstić information content (AvgIpc) is 2.76. The molecule has 0 aromatic heterocycles. The molecule has 0 bridgehead atoms. The quantitative estimate of drug-likeness (QED) is 0.519. The topological polar surface area (TPSA) is 86.8 Å². The Bertz CT molecular complexity index is 1110. The molecule has 0 saturated heterocycles. The highest BCUT2D eigenvalue weighted by Crippen LogP contribution is 2.25. The first-order valence-corrected chi connectivity index (χ1v) is 13.0. The number of anilines is 1. The number of nitrogens with zero attached hydrogens (tertiary/aromatic N) is 2. The molecule has 2 aromatic carbocycles. The van der Waals surface area contributed by atoms with Gasteiger partial charge in [0.1, 0.15) is 6.04 Å². The highest BCUT2D eigenvalue weighted by molar-refractivity contribution is 7.92. The summed E-state index contributed by atoms with van der Waals surface area (Å²) in [6.45, 7) is 3.79. The van der Waals surface area contributed by atoms with Crippen LogP contribution in [0.4, 0.5) is 5.69 Å². The maximum absolute atomic E-state index is 13.1. The van der Waals surface area contributed by atoms with E-state index in [1.165, 1.54) is 16.3 Å². The summed E-state index contributed by atoms with van der Waals surface area (Å²) in [6.07, 6.45) is 1.50. The number of amides is 2. The van der Waals surface area contributed by atoms with Crippen LogP contribution in [-0.4, -0.2) is 51.0 Å². The molecule has 33 heavy (non-hydrogen) atoms. The lowest BCUT2D eigenvalue weighted by Crippen LogP contribution is -2.46. The Balaban J connectivity index is 2.18. The van der Waals surface area contributed by atoms with Gasteiger partial charge in [0.15, 0.2) is 0 Å². The van der Waals surface area contributed by atoms with Gasteiger partial charge in [0.2, 0.25) is 21.8 Å². The van der Waals surface area contributed by atoms with Crippen molar-refractivity contribution in [3.05, 3.63) is 63.6 Å². The van der Waals surface area contributed by atoms with Gasteiger partial charge in [0.25, 0.3) is 0 Å². The van der Waals surface area contributed by atoms with Crippen LogP contribution in [0.5, 0.6) is 0 Å². The molecule has 7 nitrogen and oxygen atoms in total. The van der Waals surface area contributed by atoms with Gasteiger partial charge in [-0.15, -0.1) is 0 Å². The number of likely N-dealkylation sites (N-methyl/N-ethyl adjacent to an activating group) is 1. The first-order valence-electron chi connectivity index (χ1n) is 10.4. The van der Waals surface area contributed by atoms with E-state index in [9.17, 15) is 18.0 Å². The Kier molecular flexibility index (Phi) is 9.57. The summed E-state index contributed by atoms with van der Waals surface area (Å²) in [5.74, 6) is -0.573. The predicted octanol–water partition coefficient (Wildman–Crippen LogP) is 4.01. The molecule has 2 aromatic rings. The Labute approximate surface area is 205 Å². The molecular formula is C23H29Cl2N3O4S. The fourth-order valence-corrected chi connectivity index (χ4v) is 4.80. The molecule has 0 aliphatic carbocycles. The van der Waals surface area contributed by atoms with Crippen LogP contribution in [0.1, 0.15) is 30.9 Å². The minimum atomic E-state index is -3.53. The van der Waals surface area contributed by atoms with E-state index in [4.69, 9.17) is 23.2 Å². The van der Waals surface area contributed by atoms with E-state index in [2.05, 4.69) is 5.32 Å². The molecule has 1 atom stereocenters. The molecular weight excluding hydrogens is 485 g/mol. The minimum absolute atomic E-state index is 0.0700. The molecule has 0 aliphatic heterocycles. The standard InChI is InChI=1S/C23H29Cl2N3O4S/c1-16-8-5-6-9-21(16)28(33(4,31)32)13-7-10-22(29)27(17(2)23(30)26-3)15-18-11-12-19(24)20(25)14-18/h5-6,8-9,11-12,14,17H,7,10,13,15H2,1-4H3,(H,26,30)/t17-/m0/s1. The van der Waals surface area contributed by atoms with Crippen molar-refractivity contribution >= 4 is 50.7 Å². The van der Waals surface area contributed by atoms with Crippen molar-refractivity contribution in [3.8, 4) is 0 Å². The van der Waals surface area contributed by atoms with Crippen molar-refractivity contribution in [3.63, 3.8) is 0 Å². The molecule has 0 spiro atoms. The molecule has 0 saturated carbocycles. The van der Waals surface area contributed by atoms with E-state index < -0.39 is 16.1 Å². The van der Waals surface area contributed by atoms with Gasteiger partial charge in [-0.2, -0.15) is 0 Å². The first-order chi connectivity index (χ1) is 15.5. The molecule has 180 valence electrons. The normalized spacial score (nSPS) is 12.2. The zero-order chi connectivity index (χ0) is 24.8. The van der Waals surface area contributed by atoms with Gasteiger partial charge < -0.3 is 10.2 Å². The Hall–Kier alpha value is -2.29. The second-order valence-electron chi connectivity index (χ2n) is 7.79. The number of halogens is 2. The fraction of sp³-hybridized carbons (Fsp3) is 0.391. The third-order valence-corrected chi connectivity index (χ3v) is 7.21. The summed E-state index contributed by atoms with van der Waals surface area (Å²) in [5.41, 5.74) is 2.13. The summed E-state index contributed by atoms with van der Waals surface area (Å²) in [5, 5.41) is 3.32. The molecule has 0 heterocycles. The van der Waals surface area contributed by atoms with Crippen molar-refractivity contribution in [2.24, 2.45) is 0 Å². The number of nitrogens with one attached hydrogen (secondary N) is 1. The van der Waals surface area contributed by atoms with Crippen LogP contribution < -0.4 is 9.62 Å². The number of carbonyl (C=O) groups is 2. The van der Waals surface area contributed by atoms with Crippen LogP contribution >= 0.6 is 23.2 Å². The van der Waals surface area contributed by atoms with E-state index in [-0.39, 0.29) is 31.3 Å². The van der Waals surface area contributed by atoms with E-state index >= 15 is 0 Å². The average molecular weight is 514 g/mol. The van der Waals surface area contributed by atoms with Crippen LogP contribution in [-0.2, 0) is 26.2 Å². The van der Waals surface area contributed by atoms with Crippen molar-refractivity contribution in [1.29, 1.82) is 0 Å². The van der Waals surface area contributed by atoms with Gasteiger partial charge in [-0.05, 0) is 49.6 Å². The highest BCUT2D eigenvalue weighted by Gasteiger charge is 2.26. The van der Waals surface area contributed by atoms with E-state index in [1.807, 2.05) is 19.1 Å². The number of carbonyl (C=O) groups excluding carboxylic acids is 2. The summed E-state index contributed by atoms with van der Waals surface area (Å²) < 4.78 is 26.1. The van der Waals surface area contributed by atoms with Crippen LogP contribution in [0.15, 0.2) is 42.5 Å². The number of hydrogen-bond donors (Lipinski definition) is 1. The Morgan fingerprint density at radius 2 is 1.76 bits per heavy atom. The van der Waals surface area contributed by atoms with Crippen LogP contribution in [0.3, 0.4) is 0 Å². The van der Waals surface area contributed by atoms with Gasteiger partial charge >= 0.3 is 0 Å². The zero-order valence-electron chi connectivity index (χ0n) is 19.1. The van der Waals surface area contributed by atoms with Crippen LogP contribution in [0, 0.1) is 6.92 Å².